The van der Waals surface area contributed by atoms with Crippen LogP contribution in [0.3, 0.4) is 0 Å². The first-order valence-electron chi connectivity index (χ1n) is 5.21. The molecule has 18 heavy (non-hydrogen) atoms. The zero-order valence-electron chi connectivity index (χ0n) is 9.96. The summed E-state index contributed by atoms with van der Waals surface area (Å²) >= 11 is 11.8. The highest BCUT2D eigenvalue weighted by Gasteiger charge is 2.30. The Kier molecular flexibility index (Phi) is 4.59. The Hall–Kier alpha value is -1.26. The number of carbonyl (C=O) groups is 2. The lowest BCUT2D eigenvalue weighted by atomic mass is 9.89. The van der Waals surface area contributed by atoms with E-state index in [0.29, 0.717) is 15.7 Å². The number of halogens is 2. The summed E-state index contributed by atoms with van der Waals surface area (Å²) in [4.78, 5) is 22.7. The van der Waals surface area contributed by atoms with Crippen molar-refractivity contribution in [3.63, 3.8) is 0 Å². The summed E-state index contributed by atoms with van der Waals surface area (Å²) in [6.45, 7) is 2.95. The van der Waals surface area contributed by atoms with Crippen LogP contribution in [-0.2, 0) is 9.59 Å². The summed E-state index contributed by atoms with van der Waals surface area (Å²) < 4.78 is 0. The Morgan fingerprint density at radius 3 is 2.22 bits per heavy atom. The fraction of sp³-hybridized carbons (Fsp3) is 0.333. The van der Waals surface area contributed by atoms with Gasteiger partial charge in [-0.15, -0.1) is 0 Å². The van der Waals surface area contributed by atoms with Gasteiger partial charge in [-0.3, -0.25) is 9.59 Å². The summed E-state index contributed by atoms with van der Waals surface area (Å²) in [6, 6.07) is 4.83. The first-order chi connectivity index (χ1) is 8.24. The molecule has 0 unspecified atom stereocenters. The molecule has 1 amide bonds. The van der Waals surface area contributed by atoms with E-state index >= 15 is 0 Å². The fourth-order valence-electron chi connectivity index (χ4n) is 1.28. The van der Waals surface area contributed by atoms with Gasteiger partial charge in [-0.05, 0) is 26.0 Å². The molecule has 2 N–H and O–H groups in total. The molecule has 0 aliphatic heterocycles. The van der Waals surface area contributed by atoms with Gasteiger partial charge in [0, 0.05) is 6.42 Å². The third-order valence-electron chi connectivity index (χ3n) is 2.41. The van der Waals surface area contributed by atoms with Crippen molar-refractivity contribution < 1.29 is 14.7 Å². The number of benzene rings is 1. The molecule has 0 radical (unpaired) electrons. The van der Waals surface area contributed by atoms with Gasteiger partial charge in [-0.2, -0.15) is 0 Å². The molecule has 98 valence electrons. The molecule has 0 aliphatic carbocycles. The molecule has 0 atom stereocenters. The first kappa shape index (κ1) is 14.8. The number of nitrogens with one attached hydrogen (secondary N) is 1. The van der Waals surface area contributed by atoms with Gasteiger partial charge in [0.25, 0.3) is 0 Å². The minimum atomic E-state index is -1.14. The number of carboxylic acids is 1. The zero-order chi connectivity index (χ0) is 13.9. The van der Waals surface area contributed by atoms with Crippen LogP contribution in [-0.4, -0.2) is 17.0 Å². The van der Waals surface area contributed by atoms with E-state index in [1.807, 2.05) is 0 Å². The van der Waals surface area contributed by atoms with Gasteiger partial charge in [-0.25, -0.2) is 0 Å². The molecule has 6 heteroatoms. The number of aliphatic carboxylic acids is 1. The second-order valence-corrected chi connectivity index (χ2v) is 5.33. The molecule has 0 saturated carbocycles. The van der Waals surface area contributed by atoms with Crippen LogP contribution in [0.4, 0.5) is 5.69 Å². The van der Waals surface area contributed by atoms with E-state index in [1.165, 1.54) is 13.8 Å². The van der Waals surface area contributed by atoms with Crippen LogP contribution in [0.15, 0.2) is 18.2 Å². The Bertz CT molecular complexity index is 466. The van der Waals surface area contributed by atoms with Gasteiger partial charge in [-0.1, -0.05) is 29.3 Å². The molecule has 0 saturated heterocycles. The quantitative estimate of drug-likeness (QED) is 0.892. The predicted octanol–water partition coefficient (Wildman–Crippen LogP) is 3.43. The number of hydrogen-bond acceptors (Lipinski definition) is 2. The number of para-hydroxylation sites is 1. The minimum absolute atomic E-state index is 0.163. The predicted molar refractivity (Wildman–Crippen MR) is 71.1 cm³/mol. The lowest BCUT2D eigenvalue weighted by molar-refractivity contribution is -0.148. The van der Waals surface area contributed by atoms with Gasteiger partial charge in [0.05, 0.1) is 21.1 Å². The van der Waals surface area contributed by atoms with E-state index < -0.39 is 17.3 Å². The monoisotopic (exact) mass is 289 g/mol. The topological polar surface area (TPSA) is 66.4 Å². The van der Waals surface area contributed by atoms with Crippen LogP contribution in [0, 0.1) is 5.41 Å². The van der Waals surface area contributed by atoms with E-state index in [1.54, 1.807) is 18.2 Å². The average Bonchev–Trinajstić information content (AvgIpc) is 2.22. The summed E-state index contributed by atoms with van der Waals surface area (Å²) in [5, 5.41) is 12.1. The maximum atomic E-state index is 11.7. The largest absolute Gasteiger partial charge is 0.481 e. The molecule has 4 nitrogen and oxygen atoms in total. The van der Waals surface area contributed by atoms with E-state index in [4.69, 9.17) is 28.3 Å². The minimum Gasteiger partial charge on any atom is -0.481 e. The van der Waals surface area contributed by atoms with Crippen molar-refractivity contribution in [2.45, 2.75) is 20.3 Å². The standard InChI is InChI=1S/C12H13Cl2NO3/c1-12(2,11(17)18)6-9(16)15-10-7(13)4-3-5-8(10)14/h3-5H,6H2,1-2H3,(H,15,16)(H,17,18). The van der Waals surface area contributed by atoms with Gasteiger partial charge in [0.2, 0.25) is 5.91 Å². The molecule has 0 fully saturated rings. The summed E-state index contributed by atoms with van der Waals surface area (Å²) in [7, 11) is 0. The number of anilines is 1. The van der Waals surface area contributed by atoms with Crippen molar-refractivity contribution in [1.82, 2.24) is 0 Å². The van der Waals surface area contributed by atoms with Crippen LogP contribution in [0.5, 0.6) is 0 Å². The van der Waals surface area contributed by atoms with Crippen LogP contribution < -0.4 is 5.32 Å². The van der Waals surface area contributed by atoms with Crippen molar-refractivity contribution in [2.75, 3.05) is 5.32 Å². The second-order valence-electron chi connectivity index (χ2n) is 4.51. The average molecular weight is 290 g/mol. The van der Waals surface area contributed by atoms with Crippen LogP contribution in [0.2, 0.25) is 10.0 Å². The SMILES string of the molecule is CC(C)(CC(=O)Nc1c(Cl)cccc1Cl)C(=O)O. The highest BCUT2D eigenvalue weighted by molar-refractivity contribution is 6.39. The van der Waals surface area contributed by atoms with Crippen LogP contribution in [0.25, 0.3) is 0 Å². The molecular formula is C12H13Cl2NO3. The van der Waals surface area contributed by atoms with E-state index in [9.17, 15) is 9.59 Å². The van der Waals surface area contributed by atoms with Gasteiger partial charge in [0.1, 0.15) is 0 Å². The molecule has 0 bridgehead atoms. The number of amides is 1. The first-order valence-corrected chi connectivity index (χ1v) is 5.97. The van der Waals surface area contributed by atoms with Crippen molar-refractivity contribution in [1.29, 1.82) is 0 Å². The Balaban J connectivity index is 2.80. The number of carbonyl (C=O) groups excluding carboxylic acids is 1. The normalized spacial score (nSPS) is 11.1. The summed E-state index contributed by atoms with van der Waals surface area (Å²) in [6.07, 6.45) is -0.163. The molecular weight excluding hydrogens is 277 g/mol. The molecule has 0 aliphatic rings. The lowest BCUT2D eigenvalue weighted by Crippen LogP contribution is -2.29. The van der Waals surface area contributed by atoms with Gasteiger partial charge in [0.15, 0.2) is 0 Å². The molecule has 1 aromatic carbocycles. The third kappa shape index (κ3) is 3.62. The number of rotatable bonds is 4. The van der Waals surface area contributed by atoms with Crippen molar-refractivity contribution in [3.8, 4) is 0 Å². The van der Waals surface area contributed by atoms with E-state index in [-0.39, 0.29) is 6.42 Å². The molecule has 1 rings (SSSR count). The van der Waals surface area contributed by atoms with Crippen molar-refractivity contribution in [2.24, 2.45) is 5.41 Å². The highest BCUT2D eigenvalue weighted by Crippen LogP contribution is 2.30. The molecule has 0 heterocycles. The number of carboxylic acid groups (broad SMARTS) is 1. The Morgan fingerprint density at radius 1 is 1.28 bits per heavy atom. The fourth-order valence-corrected chi connectivity index (χ4v) is 1.77. The summed E-state index contributed by atoms with van der Waals surface area (Å²) in [5.74, 6) is -1.49. The maximum Gasteiger partial charge on any atom is 0.309 e. The van der Waals surface area contributed by atoms with E-state index in [2.05, 4.69) is 5.32 Å². The van der Waals surface area contributed by atoms with Gasteiger partial charge < -0.3 is 10.4 Å². The maximum absolute atomic E-state index is 11.7. The van der Waals surface area contributed by atoms with E-state index in [0.717, 1.165) is 0 Å². The second kappa shape index (κ2) is 5.59. The molecule has 0 spiro atoms. The number of hydrogen-bond donors (Lipinski definition) is 2. The lowest BCUT2D eigenvalue weighted by Gasteiger charge is -2.18. The van der Waals surface area contributed by atoms with Crippen molar-refractivity contribution >= 4 is 40.8 Å². The van der Waals surface area contributed by atoms with Crippen LogP contribution >= 0.6 is 23.2 Å². The van der Waals surface area contributed by atoms with Crippen molar-refractivity contribution in [3.05, 3.63) is 28.2 Å². The Labute approximate surface area is 115 Å². The third-order valence-corrected chi connectivity index (χ3v) is 3.04. The zero-order valence-corrected chi connectivity index (χ0v) is 11.5. The van der Waals surface area contributed by atoms with Crippen LogP contribution in [0.1, 0.15) is 20.3 Å². The smallest absolute Gasteiger partial charge is 0.309 e. The molecule has 0 aromatic heterocycles. The van der Waals surface area contributed by atoms with Gasteiger partial charge >= 0.3 is 5.97 Å². The Morgan fingerprint density at radius 2 is 1.78 bits per heavy atom. The molecule has 1 aromatic rings. The summed E-state index contributed by atoms with van der Waals surface area (Å²) in [5.41, 5.74) is -0.843. The highest BCUT2D eigenvalue weighted by atomic mass is 35.5.